The number of hydrogen-bond acceptors (Lipinski definition) is 6. The van der Waals surface area contributed by atoms with Crippen molar-refractivity contribution >= 4 is 28.7 Å². The van der Waals surface area contributed by atoms with Crippen LogP contribution in [0.4, 0.5) is 5.13 Å². The molecule has 0 fully saturated rings. The molecular formula is C19H14N2O4S. The number of carboxylic acid groups (broad SMARTS) is 1. The minimum atomic E-state index is -1.01. The van der Waals surface area contributed by atoms with E-state index in [2.05, 4.69) is 9.98 Å². The fourth-order valence-electron chi connectivity index (χ4n) is 2.66. The zero-order chi connectivity index (χ0) is 17.9. The number of carboxylic acids is 1. The van der Waals surface area contributed by atoms with Gasteiger partial charge in [-0.1, -0.05) is 30.3 Å². The lowest BCUT2D eigenvalue weighted by atomic mass is 10.0. The number of aliphatic imine (C=N–C) groups is 1. The third kappa shape index (κ3) is 3.35. The summed E-state index contributed by atoms with van der Waals surface area (Å²) >= 11 is 1.42. The molecule has 0 unspecified atom stereocenters. The Morgan fingerprint density at radius 1 is 1.27 bits per heavy atom. The molecule has 1 N–H and O–H groups in total. The summed E-state index contributed by atoms with van der Waals surface area (Å²) in [6.45, 7) is 0.447. The maximum atomic E-state index is 11.3. The third-order valence-electron chi connectivity index (χ3n) is 3.86. The molecule has 130 valence electrons. The van der Waals surface area contributed by atoms with Gasteiger partial charge < -0.3 is 14.6 Å². The average Bonchev–Trinajstić information content (AvgIpc) is 3.15. The number of aromatic nitrogens is 1. The smallest absolute Gasteiger partial charge is 0.335 e. The van der Waals surface area contributed by atoms with Gasteiger partial charge in [0.25, 0.3) is 0 Å². The molecule has 6 nitrogen and oxygen atoms in total. The molecule has 4 rings (SSSR count). The largest absolute Gasteiger partial charge is 0.478 e. The van der Waals surface area contributed by atoms with Gasteiger partial charge in [0.05, 0.1) is 17.9 Å². The third-order valence-corrected chi connectivity index (χ3v) is 4.61. The zero-order valence-corrected chi connectivity index (χ0v) is 14.4. The van der Waals surface area contributed by atoms with Crippen molar-refractivity contribution in [2.75, 3.05) is 6.79 Å². The van der Waals surface area contributed by atoms with Crippen molar-refractivity contribution < 1.29 is 19.4 Å². The molecule has 0 saturated carbocycles. The van der Waals surface area contributed by atoms with E-state index in [4.69, 9.17) is 9.47 Å². The molecule has 0 spiro atoms. The van der Waals surface area contributed by atoms with Gasteiger partial charge >= 0.3 is 5.97 Å². The predicted octanol–water partition coefficient (Wildman–Crippen LogP) is 4.13. The van der Waals surface area contributed by atoms with Gasteiger partial charge in [-0.25, -0.2) is 14.8 Å². The van der Waals surface area contributed by atoms with Gasteiger partial charge in [-0.15, -0.1) is 11.3 Å². The number of thiazole rings is 1. The van der Waals surface area contributed by atoms with Crippen LogP contribution in [0, 0.1) is 0 Å². The number of ether oxygens (including phenoxy) is 2. The molecule has 7 heteroatoms. The molecule has 26 heavy (non-hydrogen) atoms. The molecule has 1 aliphatic heterocycles. The molecule has 0 atom stereocenters. The first-order valence-corrected chi connectivity index (χ1v) is 8.74. The highest BCUT2D eigenvalue weighted by Gasteiger charge is 2.18. The van der Waals surface area contributed by atoms with Gasteiger partial charge in [0.2, 0.25) is 5.13 Å². The van der Waals surface area contributed by atoms with E-state index >= 15 is 0 Å². The summed E-state index contributed by atoms with van der Waals surface area (Å²) in [5.41, 5.74) is 3.34. The second-order valence-corrected chi connectivity index (χ2v) is 6.45. The Balaban J connectivity index is 1.66. The summed E-state index contributed by atoms with van der Waals surface area (Å²) < 4.78 is 10.8. The van der Waals surface area contributed by atoms with Crippen LogP contribution in [0.15, 0.2) is 52.8 Å². The van der Waals surface area contributed by atoms with E-state index in [1.54, 1.807) is 18.3 Å². The molecule has 1 aromatic heterocycles. The number of rotatable bonds is 4. The second kappa shape index (κ2) is 7.07. The van der Waals surface area contributed by atoms with Gasteiger partial charge in [0.1, 0.15) is 5.75 Å². The van der Waals surface area contributed by atoms with Crippen molar-refractivity contribution in [2.45, 2.75) is 6.61 Å². The lowest BCUT2D eigenvalue weighted by Crippen LogP contribution is -2.14. The Morgan fingerprint density at radius 2 is 2.12 bits per heavy atom. The molecule has 0 aliphatic carbocycles. The number of aromatic carboxylic acids is 1. The maximum absolute atomic E-state index is 11.3. The van der Waals surface area contributed by atoms with Crippen LogP contribution in [0.3, 0.4) is 0 Å². The van der Waals surface area contributed by atoms with Crippen LogP contribution in [-0.2, 0) is 11.3 Å². The van der Waals surface area contributed by atoms with Crippen LogP contribution >= 0.6 is 11.3 Å². The van der Waals surface area contributed by atoms with Crippen molar-refractivity contribution in [3.05, 3.63) is 64.5 Å². The van der Waals surface area contributed by atoms with E-state index in [0.717, 1.165) is 11.3 Å². The van der Waals surface area contributed by atoms with Crippen LogP contribution in [0.25, 0.3) is 11.3 Å². The molecule has 0 saturated heterocycles. The van der Waals surface area contributed by atoms with Crippen LogP contribution in [-0.4, -0.2) is 29.1 Å². The minimum absolute atomic E-state index is 0.135. The summed E-state index contributed by atoms with van der Waals surface area (Å²) in [5, 5.41) is 11.8. The van der Waals surface area contributed by atoms with E-state index in [0.29, 0.717) is 28.6 Å². The molecule has 3 aromatic rings. The van der Waals surface area contributed by atoms with Crippen molar-refractivity contribution in [1.82, 2.24) is 4.98 Å². The van der Waals surface area contributed by atoms with E-state index in [9.17, 15) is 9.90 Å². The minimum Gasteiger partial charge on any atom is -0.478 e. The van der Waals surface area contributed by atoms with Gasteiger partial charge in [-0.3, -0.25) is 0 Å². The molecule has 2 aromatic carbocycles. The van der Waals surface area contributed by atoms with Gasteiger partial charge in [-0.05, 0) is 12.1 Å². The molecule has 0 amide bonds. The van der Waals surface area contributed by atoms with Crippen LogP contribution in [0.1, 0.15) is 21.5 Å². The quantitative estimate of drug-likeness (QED) is 0.702. The fraction of sp³-hybridized carbons (Fsp3) is 0.105. The van der Waals surface area contributed by atoms with Crippen LogP contribution in [0.2, 0.25) is 0 Å². The monoisotopic (exact) mass is 366 g/mol. The Hall–Kier alpha value is -3.03. The number of nitrogens with zero attached hydrogens (tertiary/aromatic N) is 2. The number of carbonyl (C=O) groups is 1. The molecule has 1 aliphatic rings. The maximum Gasteiger partial charge on any atom is 0.335 e. The first-order valence-electron chi connectivity index (χ1n) is 7.86. The normalized spacial score (nSPS) is 13.4. The first kappa shape index (κ1) is 16.4. The summed E-state index contributed by atoms with van der Waals surface area (Å²) in [4.78, 5) is 20.2. The second-order valence-electron chi connectivity index (χ2n) is 5.61. The Morgan fingerprint density at radius 3 is 2.92 bits per heavy atom. The molecular weight excluding hydrogens is 352 g/mol. The van der Waals surface area contributed by atoms with E-state index < -0.39 is 5.97 Å². The summed E-state index contributed by atoms with van der Waals surface area (Å²) in [6.07, 6.45) is 1.59. The van der Waals surface area contributed by atoms with E-state index in [1.807, 2.05) is 35.7 Å². The standard InChI is InChI=1S/C19H14N2O4S/c22-18(23)13-6-14(17-15(7-13)9-24-11-25-17)8-20-19-21-16(10-26-19)12-4-2-1-3-5-12/h1-8,10H,9,11H2,(H,22,23)/b20-8+. The van der Waals surface area contributed by atoms with Crippen molar-refractivity contribution in [1.29, 1.82) is 0 Å². The van der Waals surface area contributed by atoms with Gasteiger partial charge in [0, 0.05) is 28.3 Å². The van der Waals surface area contributed by atoms with Crippen molar-refractivity contribution in [2.24, 2.45) is 4.99 Å². The SMILES string of the molecule is O=C(O)c1cc(/C=N/c2nc(-c3ccccc3)cs2)c2c(c1)COCO2. The Kier molecular flexibility index (Phi) is 4.47. The number of benzene rings is 2. The van der Waals surface area contributed by atoms with Gasteiger partial charge in [-0.2, -0.15) is 0 Å². The van der Waals surface area contributed by atoms with Crippen molar-refractivity contribution in [3.8, 4) is 17.0 Å². The first-order chi connectivity index (χ1) is 12.7. The van der Waals surface area contributed by atoms with E-state index in [1.165, 1.54) is 11.3 Å². The van der Waals surface area contributed by atoms with Gasteiger partial charge in [0.15, 0.2) is 6.79 Å². The summed E-state index contributed by atoms with van der Waals surface area (Å²) in [5.74, 6) is -0.404. The number of fused-ring (bicyclic) bond motifs is 1. The highest BCUT2D eigenvalue weighted by atomic mass is 32.1. The van der Waals surface area contributed by atoms with Crippen LogP contribution in [0.5, 0.6) is 5.75 Å². The lowest BCUT2D eigenvalue weighted by Gasteiger charge is -2.19. The number of hydrogen-bond donors (Lipinski definition) is 1. The summed E-state index contributed by atoms with van der Waals surface area (Å²) in [7, 11) is 0. The van der Waals surface area contributed by atoms with E-state index in [-0.39, 0.29) is 12.4 Å². The predicted molar refractivity (Wildman–Crippen MR) is 98.5 cm³/mol. The highest BCUT2D eigenvalue weighted by molar-refractivity contribution is 7.13. The fourth-order valence-corrected chi connectivity index (χ4v) is 3.33. The molecule has 0 bridgehead atoms. The van der Waals surface area contributed by atoms with Crippen LogP contribution < -0.4 is 4.74 Å². The zero-order valence-electron chi connectivity index (χ0n) is 13.6. The average molecular weight is 366 g/mol. The molecule has 2 heterocycles. The highest BCUT2D eigenvalue weighted by Crippen LogP contribution is 2.30. The summed E-state index contributed by atoms with van der Waals surface area (Å²) in [6, 6.07) is 13.0. The Bertz CT molecular complexity index is 982. The van der Waals surface area contributed by atoms with Crippen molar-refractivity contribution in [3.63, 3.8) is 0 Å². The topological polar surface area (TPSA) is 81.0 Å². The lowest BCUT2D eigenvalue weighted by molar-refractivity contribution is -0.0165. The molecule has 0 radical (unpaired) electrons. The Labute approximate surface area is 153 Å².